The molecule has 0 spiro atoms. The highest BCUT2D eigenvalue weighted by Crippen LogP contribution is 2.39. The molecule has 0 radical (unpaired) electrons. The van der Waals surface area contributed by atoms with Gasteiger partial charge in [0.2, 0.25) is 0 Å². The van der Waals surface area contributed by atoms with Crippen molar-refractivity contribution in [2.24, 2.45) is 0 Å². The van der Waals surface area contributed by atoms with E-state index in [2.05, 4.69) is 15.9 Å². The standard InChI is InChI=1S/C7H5BrF3NO/c8-4-2-1-3-5(12-13)6(4)7(9,10)11/h1-3,12-13H. The predicted octanol–water partition coefficient (Wildman–Crippen LogP) is 3.27. The van der Waals surface area contributed by atoms with Gasteiger partial charge in [0, 0.05) is 4.47 Å². The number of nitrogens with one attached hydrogen (secondary N) is 1. The van der Waals surface area contributed by atoms with Gasteiger partial charge in [0.15, 0.2) is 0 Å². The molecule has 1 rings (SSSR count). The first kappa shape index (κ1) is 10.3. The van der Waals surface area contributed by atoms with Crippen LogP contribution in [0.2, 0.25) is 0 Å². The largest absolute Gasteiger partial charge is 0.419 e. The van der Waals surface area contributed by atoms with Gasteiger partial charge in [-0.1, -0.05) is 22.0 Å². The van der Waals surface area contributed by atoms with Crippen molar-refractivity contribution in [2.75, 3.05) is 5.48 Å². The second-order valence-corrected chi connectivity index (χ2v) is 3.13. The number of hydrogen-bond donors (Lipinski definition) is 2. The summed E-state index contributed by atoms with van der Waals surface area (Å²) >= 11 is 2.75. The van der Waals surface area contributed by atoms with E-state index >= 15 is 0 Å². The highest BCUT2D eigenvalue weighted by molar-refractivity contribution is 9.10. The number of anilines is 1. The molecule has 0 saturated carbocycles. The predicted molar refractivity (Wildman–Crippen MR) is 44.6 cm³/mol. The molecule has 72 valence electrons. The third kappa shape index (κ3) is 2.13. The Morgan fingerprint density at radius 1 is 1.31 bits per heavy atom. The molecule has 13 heavy (non-hydrogen) atoms. The van der Waals surface area contributed by atoms with Crippen molar-refractivity contribution < 1.29 is 18.4 Å². The summed E-state index contributed by atoms with van der Waals surface area (Å²) in [7, 11) is 0. The Bertz CT molecular complexity index is 313. The van der Waals surface area contributed by atoms with Gasteiger partial charge in [0.05, 0.1) is 11.3 Å². The fourth-order valence-electron chi connectivity index (χ4n) is 0.905. The van der Waals surface area contributed by atoms with E-state index < -0.39 is 11.7 Å². The van der Waals surface area contributed by atoms with Crippen LogP contribution in [-0.4, -0.2) is 5.21 Å². The summed E-state index contributed by atoms with van der Waals surface area (Å²) in [5.74, 6) is 0. The van der Waals surface area contributed by atoms with Gasteiger partial charge in [-0.2, -0.15) is 13.2 Å². The first-order valence-corrected chi connectivity index (χ1v) is 4.02. The van der Waals surface area contributed by atoms with Gasteiger partial charge >= 0.3 is 6.18 Å². The molecule has 0 fully saturated rings. The molecule has 0 aromatic heterocycles. The lowest BCUT2D eigenvalue weighted by molar-refractivity contribution is -0.137. The van der Waals surface area contributed by atoms with Gasteiger partial charge < -0.3 is 0 Å². The van der Waals surface area contributed by atoms with Crippen molar-refractivity contribution in [3.05, 3.63) is 28.2 Å². The average Bonchev–Trinajstić information content (AvgIpc) is 2.01. The molecule has 0 aliphatic heterocycles. The molecule has 0 heterocycles. The maximum atomic E-state index is 12.3. The number of rotatable bonds is 1. The lowest BCUT2D eigenvalue weighted by Crippen LogP contribution is -2.09. The van der Waals surface area contributed by atoms with Crippen LogP contribution in [0.5, 0.6) is 0 Å². The molecule has 1 aromatic rings. The molecule has 0 amide bonds. The molecule has 0 aliphatic rings. The maximum absolute atomic E-state index is 12.3. The van der Waals surface area contributed by atoms with Crippen LogP contribution in [0.25, 0.3) is 0 Å². The molecule has 0 unspecified atom stereocenters. The summed E-state index contributed by atoms with van der Waals surface area (Å²) < 4.78 is 36.8. The maximum Gasteiger partial charge on any atom is 0.419 e. The van der Waals surface area contributed by atoms with Crippen LogP contribution in [0.1, 0.15) is 5.56 Å². The molecule has 2 nitrogen and oxygen atoms in total. The molecule has 0 bridgehead atoms. The third-order valence-electron chi connectivity index (χ3n) is 1.42. The van der Waals surface area contributed by atoms with E-state index in [9.17, 15) is 13.2 Å². The van der Waals surface area contributed by atoms with Crippen LogP contribution >= 0.6 is 15.9 Å². The minimum atomic E-state index is -4.49. The van der Waals surface area contributed by atoms with Gasteiger partial charge in [0.25, 0.3) is 0 Å². The van der Waals surface area contributed by atoms with Crippen molar-refractivity contribution >= 4 is 21.6 Å². The molecule has 0 saturated heterocycles. The normalized spacial score (nSPS) is 11.5. The molecular weight excluding hydrogens is 251 g/mol. The highest BCUT2D eigenvalue weighted by atomic mass is 79.9. The first-order chi connectivity index (χ1) is 5.96. The Hall–Kier alpha value is -0.750. The monoisotopic (exact) mass is 255 g/mol. The number of hydrogen-bond acceptors (Lipinski definition) is 2. The van der Waals surface area contributed by atoms with E-state index in [4.69, 9.17) is 5.21 Å². The van der Waals surface area contributed by atoms with Crippen LogP contribution in [0, 0.1) is 0 Å². The fourth-order valence-corrected chi connectivity index (χ4v) is 1.50. The van der Waals surface area contributed by atoms with E-state index in [0.29, 0.717) is 0 Å². The number of benzene rings is 1. The van der Waals surface area contributed by atoms with Gasteiger partial charge in [-0.15, -0.1) is 0 Å². The van der Waals surface area contributed by atoms with Crippen molar-refractivity contribution in [1.82, 2.24) is 0 Å². The van der Waals surface area contributed by atoms with E-state index in [1.54, 1.807) is 0 Å². The Balaban J connectivity index is 3.32. The van der Waals surface area contributed by atoms with Crippen LogP contribution in [0.4, 0.5) is 18.9 Å². The second-order valence-electron chi connectivity index (χ2n) is 2.27. The molecule has 6 heteroatoms. The molecule has 2 N–H and O–H groups in total. The summed E-state index contributed by atoms with van der Waals surface area (Å²) in [5, 5.41) is 8.44. The van der Waals surface area contributed by atoms with E-state index in [-0.39, 0.29) is 10.2 Å². The summed E-state index contributed by atoms with van der Waals surface area (Å²) in [6.45, 7) is 0. The summed E-state index contributed by atoms with van der Waals surface area (Å²) in [5.41, 5.74) is 0.201. The average molecular weight is 256 g/mol. The molecule has 1 aromatic carbocycles. The Labute approximate surface area is 80.5 Å². The molecule has 0 aliphatic carbocycles. The third-order valence-corrected chi connectivity index (χ3v) is 2.08. The van der Waals surface area contributed by atoms with Gasteiger partial charge in [-0.05, 0) is 12.1 Å². The minimum Gasteiger partial charge on any atom is -0.291 e. The topological polar surface area (TPSA) is 32.3 Å². The van der Waals surface area contributed by atoms with Crippen molar-refractivity contribution in [1.29, 1.82) is 0 Å². The van der Waals surface area contributed by atoms with Gasteiger partial charge in [0.1, 0.15) is 0 Å². The first-order valence-electron chi connectivity index (χ1n) is 3.22. The molecular formula is C7H5BrF3NO. The van der Waals surface area contributed by atoms with Crippen LogP contribution in [0.3, 0.4) is 0 Å². The zero-order chi connectivity index (χ0) is 10.1. The molecule has 0 atom stereocenters. The van der Waals surface area contributed by atoms with Gasteiger partial charge in [-0.25, -0.2) is 0 Å². The van der Waals surface area contributed by atoms with Crippen LogP contribution in [-0.2, 0) is 6.18 Å². The SMILES string of the molecule is ONc1cccc(Br)c1C(F)(F)F. The highest BCUT2D eigenvalue weighted by Gasteiger charge is 2.35. The number of halogens is 4. The quantitative estimate of drug-likeness (QED) is 0.756. The smallest absolute Gasteiger partial charge is 0.291 e. The fraction of sp³-hybridized carbons (Fsp3) is 0.143. The summed E-state index contributed by atoms with van der Waals surface area (Å²) in [4.78, 5) is 0. The lowest BCUT2D eigenvalue weighted by Gasteiger charge is -2.12. The van der Waals surface area contributed by atoms with E-state index in [1.165, 1.54) is 17.6 Å². The van der Waals surface area contributed by atoms with E-state index in [0.717, 1.165) is 6.07 Å². The van der Waals surface area contributed by atoms with Crippen molar-refractivity contribution in [3.8, 4) is 0 Å². The van der Waals surface area contributed by atoms with E-state index in [1.807, 2.05) is 0 Å². The Kier molecular flexibility index (Phi) is 2.82. The van der Waals surface area contributed by atoms with Crippen molar-refractivity contribution in [3.63, 3.8) is 0 Å². The number of alkyl halides is 3. The summed E-state index contributed by atoms with van der Waals surface area (Å²) in [6.07, 6.45) is -4.49. The zero-order valence-electron chi connectivity index (χ0n) is 6.19. The Morgan fingerprint density at radius 3 is 2.31 bits per heavy atom. The Morgan fingerprint density at radius 2 is 1.92 bits per heavy atom. The lowest BCUT2D eigenvalue weighted by atomic mass is 10.2. The second kappa shape index (κ2) is 3.55. The van der Waals surface area contributed by atoms with Crippen LogP contribution < -0.4 is 5.48 Å². The minimum absolute atomic E-state index is 0.112. The van der Waals surface area contributed by atoms with Crippen molar-refractivity contribution in [2.45, 2.75) is 6.18 Å². The zero-order valence-corrected chi connectivity index (χ0v) is 7.78. The van der Waals surface area contributed by atoms with Crippen LogP contribution in [0.15, 0.2) is 22.7 Å². The van der Waals surface area contributed by atoms with Gasteiger partial charge in [-0.3, -0.25) is 10.7 Å². The summed E-state index contributed by atoms with van der Waals surface area (Å²) in [6, 6.07) is 3.77.